The van der Waals surface area contributed by atoms with Crippen molar-refractivity contribution in [3.63, 3.8) is 0 Å². The Balaban J connectivity index is 1.54. The van der Waals surface area contributed by atoms with Gasteiger partial charge in [0.05, 0.1) is 13.7 Å². The van der Waals surface area contributed by atoms with E-state index in [1.165, 1.54) is 0 Å². The van der Waals surface area contributed by atoms with Gasteiger partial charge in [0.1, 0.15) is 23.4 Å². The number of nitrogens with zero attached hydrogens (tertiary/aromatic N) is 3. The van der Waals surface area contributed by atoms with Gasteiger partial charge < -0.3 is 19.1 Å². The van der Waals surface area contributed by atoms with Crippen molar-refractivity contribution in [1.29, 1.82) is 0 Å². The number of carbonyl (C=O) groups excluding carboxylic acids is 1. The fourth-order valence-corrected chi connectivity index (χ4v) is 3.10. The highest BCUT2D eigenvalue weighted by molar-refractivity contribution is 5.78. The molecule has 1 aliphatic rings. The summed E-state index contributed by atoms with van der Waals surface area (Å²) >= 11 is 0. The minimum atomic E-state index is -0.0757. The first-order chi connectivity index (χ1) is 13.0. The second kappa shape index (κ2) is 8.70. The zero-order valence-corrected chi connectivity index (χ0v) is 16.0. The van der Waals surface area contributed by atoms with Gasteiger partial charge in [0.25, 0.3) is 5.91 Å². The summed E-state index contributed by atoms with van der Waals surface area (Å²) in [6.07, 6.45) is 1.70. The first kappa shape index (κ1) is 18.9. The van der Waals surface area contributed by atoms with Crippen LogP contribution in [0.5, 0.6) is 17.4 Å². The van der Waals surface area contributed by atoms with E-state index in [-0.39, 0.29) is 18.6 Å². The van der Waals surface area contributed by atoms with Gasteiger partial charge in [-0.25, -0.2) is 4.98 Å². The van der Waals surface area contributed by atoms with Gasteiger partial charge in [-0.2, -0.15) is 4.98 Å². The Morgan fingerprint density at radius 2 is 2.04 bits per heavy atom. The maximum absolute atomic E-state index is 12.5. The number of aryl methyl sites for hydroxylation is 2. The van der Waals surface area contributed by atoms with E-state index >= 15 is 0 Å². The summed E-state index contributed by atoms with van der Waals surface area (Å²) < 4.78 is 16.8. The molecule has 7 heteroatoms. The molecule has 1 unspecified atom stereocenters. The topological polar surface area (TPSA) is 73.8 Å². The van der Waals surface area contributed by atoms with Crippen molar-refractivity contribution >= 4 is 5.91 Å². The zero-order valence-electron chi connectivity index (χ0n) is 16.0. The van der Waals surface area contributed by atoms with E-state index in [1.54, 1.807) is 24.1 Å². The number of piperidine rings is 1. The summed E-state index contributed by atoms with van der Waals surface area (Å²) in [6.45, 7) is 4.98. The number of hydrogen-bond acceptors (Lipinski definition) is 6. The van der Waals surface area contributed by atoms with Crippen molar-refractivity contribution in [1.82, 2.24) is 14.9 Å². The van der Waals surface area contributed by atoms with E-state index in [0.29, 0.717) is 36.3 Å². The molecule has 2 heterocycles. The number of aromatic nitrogens is 2. The molecule has 0 spiro atoms. The molecule has 1 fully saturated rings. The summed E-state index contributed by atoms with van der Waals surface area (Å²) in [5, 5.41) is 0. The highest BCUT2D eigenvalue weighted by Crippen LogP contribution is 2.20. The third kappa shape index (κ3) is 5.32. The minimum Gasteiger partial charge on any atom is -0.497 e. The minimum absolute atomic E-state index is 0.00832. The number of likely N-dealkylation sites (tertiary alicyclic amines) is 1. The van der Waals surface area contributed by atoms with Crippen molar-refractivity contribution in [2.75, 3.05) is 26.8 Å². The Kier molecular flexibility index (Phi) is 6.11. The maximum atomic E-state index is 12.5. The fourth-order valence-electron chi connectivity index (χ4n) is 3.10. The number of benzene rings is 1. The van der Waals surface area contributed by atoms with Crippen LogP contribution < -0.4 is 14.2 Å². The molecular weight excluding hydrogens is 346 g/mol. The smallest absolute Gasteiger partial charge is 0.260 e. The molecule has 1 saturated heterocycles. The zero-order chi connectivity index (χ0) is 19.2. The van der Waals surface area contributed by atoms with Crippen LogP contribution >= 0.6 is 0 Å². The van der Waals surface area contributed by atoms with Crippen LogP contribution in [-0.2, 0) is 4.79 Å². The Labute approximate surface area is 159 Å². The Morgan fingerprint density at radius 3 is 2.81 bits per heavy atom. The highest BCUT2D eigenvalue weighted by atomic mass is 16.5. The second-order valence-electron chi connectivity index (χ2n) is 6.58. The Bertz CT molecular complexity index is 776. The molecule has 27 heavy (non-hydrogen) atoms. The van der Waals surface area contributed by atoms with Crippen LogP contribution in [0, 0.1) is 13.8 Å². The van der Waals surface area contributed by atoms with Gasteiger partial charge >= 0.3 is 0 Å². The van der Waals surface area contributed by atoms with E-state index in [9.17, 15) is 4.79 Å². The number of amides is 1. The summed E-state index contributed by atoms with van der Waals surface area (Å²) in [7, 11) is 1.60. The SMILES string of the molecule is COc1cccc(OCC(=O)N2CCCC(Oc3cc(C)nc(C)n3)C2)c1. The molecule has 144 valence electrons. The third-order valence-corrected chi connectivity index (χ3v) is 4.36. The molecule has 7 nitrogen and oxygen atoms in total. The molecule has 0 radical (unpaired) electrons. The van der Waals surface area contributed by atoms with Crippen LogP contribution in [0.15, 0.2) is 30.3 Å². The number of ether oxygens (including phenoxy) is 3. The van der Waals surface area contributed by atoms with Crippen LogP contribution in [0.4, 0.5) is 0 Å². The van der Waals surface area contributed by atoms with Crippen molar-refractivity contribution in [3.05, 3.63) is 41.9 Å². The van der Waals surface area contributed by atoms with Gasteiger partial charge in [0.15, 0.2) is 6.61 Å². The van der Waals surface area contributed by atoms with Crippen molar-refractivity contribution in [2.24, 2.45) is 0 Å². The highest BCUT2D eigenvalue weighted by Gasteiger charge is 2.25. The molecule has 0 saturated carbocycles. The number of rotatable bonds is 6. The lowest BCUT2D eigenvalue weighted by molar-refractivity contribution is -0.136. The molecule has 0 bridgehead atoms. The monoisotopic (exact) mass is 371 g/mol. The lowest BCUT2D eigenvalue weighted by Gasteiger charge is -2.32. The molecule has 3 rings (SSSR count). The number of methoxy groups -OCH3 is 1. The van der Waals surface area contributed by atoms with Gasteiger partial charge in [-0.15, -0.1) is 0 Å². The maximum Gasteiger partial charge on any atom is 0.260 e. The van der Waals surface area contributed by atoms with Gasteiger partial charge in [-0.05, 0) is 38.8 Å². The standard InChI is InChI=1S/C20H25N3O4/c1-14-10-19(22-15(2)21-14)27-18-8-5-9-23(12-18)20(24)13-26-17-7-4-6-16(11-17)25-3/h4,6-7,10-11,18H,5,8-9,12-13H2,1-3H3. The summed E-state index contributed by atoms with van der Waals surface area (Å²) in [6, 6.07) is 9.04. The van der Waals surface area contributed by atoms with Crippen LogP contribution in [0.3, 0.4) is 0 Å². The van der Waals surface area contributed by atoms with Crippen LogP contribution in [0.1, 0.15) is 24.4 Å². The average Bonchev–Trinajstić information content (AvgIpc) is 2.65. The largest absolute Gasteiger partial charge is 0.497 e. The van der Waals surface area contributed by atoms with E-state index in [0.717, 1.165) is 18.5 Å². The van der Waals surface area contributed by atoms with E-state index in [2.05, 4.69) is 9.97 Å². The lowest BCUT2D eigenvalue weighted by Crippen LogP contribution is -2.46. The van der Waals surface area contributed by atoms with Crippen LogP contribution in [0.2, 0.25) is 0 Å². The summed E-state index contributed by atoms with van der Waals surface area (Å²) in [5.74, 6) is 2.50. The quantitative estimate of drug-likeness (QED) is 0.777. The summed E-state index contributed by atoms with van der Waals surface area (Å²) in [5.41, 5.74) is 0.868. The van der Waals surface area contributed by atoms with Crippen molar-refractivity contribution < 1.29 is 19.0 Å². The third-order valence-electron chi connectivity index (χ3n) is 4.36. The molecule has 2 aromatic rings. The first-order valence-electron chi connectivity index (χ1n) is 9.07. The number of hydrogen-bond donors (Lipinski definition) is 0. The molecule has 0 N–H and O–H groups in total. The van der Waals surface area contributed by atoms with Gasteiger partial charge in [-0.3, -0.25) is 4.79 Å². The lowest BCUT2D eigenvalue weighted by atomic mass is 10.1. The van der Waals surface area contributed by atoms with Gasteiger partial charge in [0, 0.05) is 24.4 Å². The van der Waals surface area contributed by atoms with E-state index in [1.807, 2.05) is 32.0 Å². The van der Waals surface area contributed by atoms with Crippen LogP contribution in [0.25, 0.3) is 0 Å². The average molecular weight is 371 g/mol. The number of carbonyl (C=O) groups is 1. The second-order valence-corrected chi connectivity index (χ2v) is 6.58. The molecule has 1 atom stereocenters. The van der Waals surface area contributed by atoms with Crippen molar-refractivity contribution in [2.45, 2.75) is 32.8 Å². The molecule has 1 aliphatic heterocycles. The molecule has 1 aromatic heterocycles. The molecule has 1 aromatic carbocycles. The normalized spacial score (nSPS) is 16.7. The first-order valence-corrected chi connectivity index (χ1v) is 9.07. The van der Waals surface area contributed by atoms with E-state index < -0.39 is 0 Å². The van der Waals surface area contributed by atoms with Gasteiger partial charge in [0.2, 0.25) is 5.88 Å². The molecule has 1 amide bonds. The van der Waals surface area contributed by atoms with Crippen LogP contribution in [-0.4, -0.2) is 53.7 Å². The predicted octanol–water partition coefficient (Wildman–Crippen LogP) is 2.55. The predicted molar refractivity (Wildman–Crippen MR) is 100 cm³/mol. The van der Waals surface area contributed by atoms with Gasteiger partial charge in [-0.1, -0.05) is 6.07 Å². The Morgan fingerprint density at radius 1 is 1.22 bits per heavy atom. The molecular formula is C20H25N3O4. The Hall–Kier alpha value is -2.83. The van der Waals surface area contributed by atoms with Crippen molar-refractivity contribution in [3.8, 4) is 17.4 Å². The fraction of sp³-hybridized carbons (Fsp3) is 0.450. The summed E-state index contributed by atoms with van der Waals surface area (Å²) in [4.78, 5) is 22.9. The molecule has 0 aliphatic carbocycles. The van der Waals surface area contributed by atoms with E-state index in [4.69, 9.17) is 14.2 Å².